The molecule has 1 N–H and O–H groups in total. The topological polar surface area (TPSA) is 42.2 Å². The SMILES string of the molecule is CCCc1ccccc1-n1cc(I)cc1C(=O)O. The number of aromatic nitrogens is 1. The molecule has 0 aliphatic carbocycles. The third-order valence-corrected chi connectivity index (χ3v) is 3.37. The predicted molar refractivity (Wildman–Crippen MR) is 79.4 cm³/mol. The summed E-state index contributed by atoms with van der Waals surface area (Å²) in [6.45, 7) is 2.12. The first-order valence-corrected chi connectivity index (χ1v) is 6.90. The van der Waals surface area contributed by atoms with Crippen molar-refractivity contribution in [3.63, 3.8) is 0 Å². The zero-order chi connectivity index (χ0) is 13.1. The normalized spacial score (nSPS) is 10.6. The number of aryl methyl sites for hydroxylation is 1. The maximum Gasteiger partial charge on any atom is 0.352 e. The number of para-hydroxylation sites is 1. The molecule has 0 saturated heterocycles. The lowest BCUT2D eigenvalue weighted by molar-refractivity contribution is 0.0688. The maximum absolute atomic E-state index is 11.3. The minimum absolute atomic E-state index is 0.308. The number of carboxylic acid groups (broad SMARTS) is 1. The number of benzene rings is 1. The zero-order valence-corrected chi connectivity index (χ0v) is 12.2. The van der Waals surface area contributed by atoms with E-state index in [1.54, 1.807) is 10.6 Å². The van der Waals surface area contributed by atoms with Crippen LogP contribution in [0.2, 0.25) is 0 Å². The van der Waals surface area contributed by atoms with Gasteiger partial charge < -0.3 is 9.67 Å². The lowest BCUT2D eigenvalue weighted by Gasteiger charge is -2.11. The van der Waals surface area contributed by atoms with Crippen LogP contribution in [0.5, 0.6) is 0 Å². The van der Waals surface area contributed by atoms with Crippen molar-refractivity contribution in [2.24, 2.45) is 0 Å². The van der Waals surface area contributed by atoms with E-state index < -0.39 is 5.97 Å². The van der Waals surface area contributed by atoms with Crippen molar-refractivity contribution in [3.05, 3.63) is 51.4 Å². The van der Waals surface area contributed by atoms with Gasteiger partial charge in [0.25, 0.3) is 0 Å². The number of carboxylic acids is 1. The molecule has 1 heterocycles. The van der Waals surface area contributed by atoms with Crippen LogP contribution in [0.25, 0.3) is 5.69 Å². The van der Waals surface area contributed by atoms with Crippen molar-refractivity contribution in [2.75, 3.05) is 0 Å². The first kappa shape index (κ1) is 13.1. The van der Waals surface area contributed by atoms with Crippen molar-refractivity contribution in [2.45, 2.75) is 19.8 Å². The highest BCUT2D eigenvalue weighted by Crippen LogP contribution is 2.21. The Morgan fingerprint density at radius 2 is 2.11 bits per heavy atom. The van der Waals surface area contributed by atoms with E-state index in [4.69, 9.17) is 0 Å². The van der Waals surface area contributed by atoms with Gasteiger partial charge in [0.2, 0.25) is 0 Å². The van der Waals surface area contributed by atoms with Crippen LogP contribution in [0, 0.1) is 3.57 Å². The summed E-state index contributed by atoms with van der Waals surface area (Å²) in [5.74, 6) is -0.899. The van der Waals surface area contributed by atoms with Gasteiger partial charge in [-0.15, -0.1) is 0 Å². The van der Waals surface area contributed by atoms with Crippen LogP contribution < -0.4 is 0 Å². The Labute approximate surface area is 120 Å². The highest BCUT2D eigenvalue weighted by atomic mass is 127. The van der Waals surface area contributed by atoms with Crippen LogP contribution in [0.3, 0.4) is 0 Å². The van der Waals surface area contributed by atoms with Crippen molar-refractivity contribution < 1.29 is 9.90 Å². The van der Waals surface area contributed by atoms with E-state index in [0.717, 1.165) is 22.1 Å². The molecular formula is C14H14INO2. The summed E-state index contributed by atoms with van der Waals surface area (Å²) in [7, 11) is 0. The summed E-state index contributed by atoms with van der Waals surface area (Å²) >= 11 is 2.14. The Morgan fingerprint density at radius 1 is 1.39 bits per heavy atom. The van der Waals surface area contributed by atoms with E-state index in [2.05, 4.69) is 35.6 Å². The molecule has 0 radical (unpaired) electrons. The molecule has 0 bridgehead atoms. The van der Waals surface area contributed by atoms with Gasteiger partial charge in [0.15, 0.2) is 0 Å². The van der Waals surface area contributed by atoms with Gasteiger partial charge >= 0.3 is 5.97 Å². The molecule has 0 aliphatic heterocycles. The Balaban J connectivity index is 2.58. The molecule has 18 heavy (non-hydrogen) atoms. The largest absolute Gasteiger partial charge is 0.477 e. The molecule has 94 valence electrons. The molecule has 4 heteroatoms. The Kier molecular flexibility index (Phi) is 4.06. The van der Waals surface area contributed by atoms with Crippen molar-refractivity contribution in [1.29, 1.82) is 0 Å². The number of hydrogen-bond donors (Lipinski definition) is 1. The van der Waals surface area contributed by atoms with Gasteiger partial charge in [0.05, 0.1) is 0 Å². The predicted octanol–water partition coefficient (Wildman–Crippen LogP) is 3.73. The van der Waals surface area contributed by atoms with E-state index in [1.165, 1.54) is 5.56 Å². The molecule has 0 atom stereocenters. The fraction of sp³-hybridized carbons (Fsp3) is 0.214. The van der Waals surface area contributed by atoms with Gasteiger partial charge in [-0.2, -0.15) is 0 Å². The number of carbonyl (C=O) groups is 1. The van der Waals surface area contributed by atoms with E-state index in [1.807, 2.05) is 24.4 Å². The summed E-state index contributed by atoms with van der Waals surface area (Å²) in [6.07, 6.45) is 3.85. The first-order valence-electron chi connectivity index (χ1n) is 5.83. The quantitative estimate of drug-likeness (QED) is 0.850. The highest BCUT2D eigenvalue weighted by Gasteiger charge is 2.14. The Hall–Kier alpha value is -1.30. The number of rotatable bonds is 4. The second-order valence-electron chi connectivity index (χ2n) is 4.10. The summed E-state index contributed by atoms with van der Waals surface area (Å²) in [5, 5.41) is 9.24. The molecule has 2 aromatic rings. The third-order valence-electron chi connectivity index (χ3n) is 2.78. The Morgan fingerprint density at radius 3 is 2.78 bits per heavy atom. The van der Waals surface area contributed by atoms with E-state index in [0.29, 0.717) is 5.69 Å². The second-order valence-corrected chi connectivity index (χ2v) is 5.34. The summed E-state index contributed by atoms with van der Waals surface area (Å²) in [4.78, 5) is 11.3. The average Bonchev–Trinajstić information content (AvgIpc) is 2.72. The fourth-order valence-corrected chi connectivity index (χ4v) is 2.59. The standard InChI is InChI=1S/C14H14INO2/c1-2-5-10-6-3-4-7-12(10)16-9-11(15)8-13(16)14(17)18/h3-4,6-9H,2,5H2,1H3,(H,17,18). The molecule has 1 aromatic heterocycles. The third kappa shape index (κ3) is 2.58. The maximum atomic E-state index is 11.3. The zero-order valence-electron chi connectivity index (χ0n) is 10.1. The second kappa shape index (κ2) is 5.56. The summed E-state index contributed by atoms with van der Waals surface area (Å²) in [5.41, 5.74) is 2.44. The van der Waals surface area contributed by atoms with E-state index in [9.17, 15) is 9.90 Å². The summed E-state index contributed by atoms with van der Waals surface area (Å²) in [6, 6.07) is 9.63. The van der Waals surface area contributed by atoms with Crippen LogP contribution in [0.15, 0.2) is 36.5 Å². The molecule has 0 spiro atoms. The Bertz CT molecular complexity index is 575. The van der Waals surface area contributed by atoms with Crippen LogP contribution in [-0.4, -0.2) is 15.6 Å². The minimum atomic E-state index is -0.899. The fourth-order valence-electron chi connectivity index (χ4n) is 2.02. The molecule has 3 nitrogen and oxygen atoms in total. The summed E-state index contributed by atoms with van der Waals surface area (Å²) < 4.78 is 2.69. The molecule has 0 aliphatic rings. The average molecular weight is 355 g/mol. The van der Waals surface area contributed by atoms with Crippen molar-refractivity contribution in [1.82, 2.24) is 4.57 Å². The van der Waals surface area contributed by atoms with Gasteiger partial charge in [-0.25, -0.2) is 4.79 Å². The van der Waals surface area contributed by atoms with Crippen LogP contribution in [-0.2, 0) is 6.42 Å². The smallest absolute Gasteiger partial charge is 0.352 e. The molecule has 2 rings (SSSR count). The lowest BCUT2D eigenvalue weighted by atomic mass is 10.1. The van der Waals surface area contributed by atoms with Gasteiger partial charge in [0, 0.05) is 15.5 Å². The highest BCUT2D eigenvalue weighted by molar-refractivity contribution is 14.1. The molecule has 0 saturated carbocycles. The molecule has 0 amide bonds. The van der Waals surface area contributed by atoms with Crippen LogP contribution in [0.4, 0.5) is 0 Å². The molecule has 0 fully saturated rings. The van der Waals surface area contributed by atoms with Crippen LogP contribution in [0.1, 0.15) is 29.4 Å². The van der Waals surface area contributed by atoms with Crippen LogP contribution >= 0.6 is 22.6 Å². The van der Waals surface area contributed by atoms with Gasteiger partial charge in [-0.05, 0) is 46.7 Å². The van der Waals surface area contributed by atoms with E-state index >= 15 is 0 Å². The molecule has 1 aromatic carbocycles. The monoisotopic (exact) mass is 355 g/mol. The minimum Gasteiger partial charge on any atom is -0.477 e. The van der Waals surface area contributed by atoms with Gasteiger partial charge in [-0.1, -0.05) is 31.5 Å². The van der Waals surface area contributed by atoms with Gasteiger partial charge in [0.1, 0.15) is 5.69 Å². The van der Waals surface area contributed by atoms with E-state index in [-0.39, 0.29) is 0 Å². The number of halogens is 1. The van der Waals surface area contributed by atoms with Crippen molar-refractivity contribution >= 4 is 28.6 Å². The number of hydrogen-bond acceptors (Lipinski definition) is 1. The lowest BCUT2D eigenvalue weighted by Crippen LogP contribution is -2.07. The first-order chi connectivity index (χ1) is 8.63. The number of nitrogens with zero attached hydrogens (tertiary/aromatic N) is 1. The molecular weight excluding hydrogens is 341 g/mol. The molecule has 0 unspecified atom stereocenters. The van der Waals surface area contributed by atoms with Gasteiger partial charge in [-0.3, -0.25) is 0 Å². The number of aromatic carboxylic acids is 1. The van der Waals surface area contributed by atoms with Crippen molar-refractivity contribution in [3.8, 4) is 5.69 Å².